The SMILES string of the molecule is CCCCNC(=O)NCC(N)C(C)CC. The number of hydrogen-bond donors (Lipinski definition) is 3. The highest BCUT2D eigenvalue weighted by Crippen LogP contribution is 2.03. The van der Waals surface area contributed by atoms with Gasteiger partial charge in [0.15, 0.2) is 0 Å². The lowest BCUT2D eigenvalue weighted by molar-refractivity contribution is 0.239. The van der Waals surface area contributed by atoms with Gasteiger partial charge in [0.1, 0.15) is 0 Å². The zero-order valence-corrected chi connectivity index (χ0v) is 10.2. The van der Waals surface area contributed by atoms with Crippen molar-refractivity contribution in [2.75, 3.05) is 13.1 Å². The molecule has 0 aliphatic carbocycles. The van der Waals surface area contributed by atoms with Crippen molar-refractivity contribution < 1.29 is 4.79 Å². The maximum absolute atomic E-state index is 11.3. The van der Waals surface area contributed by atoms with Crippen LogP contribution in [0.5, 0.6) is 0 Å². The van der Waals surface area contributed by atoms with Gasteiger partial charge in [0.2, 0.25) is 0 Å². The minimum atomic E-state index is -0.109. The van der Waals surface area contributed by atoms with E-state index >= 15 is 0 Å². The van der Waals surface area contributed by atoms with E-state index in [9.17, 15) is 4.79 Å². The van der Waals surface area contributed by atoms with E-state index in [0.29, 0.717) is 12.5 Å². The third-order valence-electron chi connectivity index (χ3n) is 2.69. The van der Waals surface area contributed by atoms with Gasteiger partial charge < -0.3 is 16.4 Å². The summed E-state index contributed by atoms with van der Waals surface area (Å²) in [6.45, 7) is 7.58. The van der Waals surface area contributed by atoms with Gasteiger partial charge in [0, 0.05) is 19.1 Å². The van der Waals surface area contributed by atoms with Crippen LogP contribution >= 0.6 is 0 Å². The van der Waals surface area contributed by atoms with Crippen LogP contribution in [-0.4, -0.2) is 25.2 Å². The summed E-state index contributed by atoms with van der Waals surface area (Å²) in [5, 5.41) is 5.57. The fourth-order valence-corrected chi connectivity index (χ4v) is 1.16. The molecule has 0 saturated carbocycles. The smallest absolute Gasteiger partial charge is 0.314 e. The van der Waals surface area contributed by atoms with E-state index in [-0.39, 0.29) is 12.1 Å². The quantitative estimate of drug-likeness (QED) is 0.563. The number of unbranched alkanes of at least 4 members (excludes halogenated alkanes) is 1. The highest BCUT2D eigenvalue weighted by Gasteiger charge is 2.11. The van der Waals surface area contributed by atoms with E-state index in [1.807, 2.05) is 0 Å². The first-order valence-electron chi connectivity index (χ1n) is 5.89. The molecule has 0 radical (unpaired) electrons. The molecule has 0 fully saturated rings. The number of carbonyl (C=O) groups excluding carboxylic acids is 1. The van der Waals surface area contributed by atoms with Gasteiger partial charge in [0.05, 0.1) is 0 Å². The van der Waals surface area contributed by atoms with Crippen molar-refractivity contribution in [2.45, 2.75) is 46.1 Å². The first-order chi connectivity index (χ1) is 7.11. The molecule has 4 nitrogen and oxygen atoms in total. The van der Waals surface area contributed by atoms with Crippen molar-refractivity contribution in [3.63, 3.8) is 0 Å². The molecule has 0 aromatic carbocycles. The lowest BCUT2D eigenvalue weighted by atomic mass is 10.0. The van der Waals surface area contributed by atoms with Crippen molar-refractivity contribution in [3.05, 3.63) is 0 Å². The highest BCUT2D eigenvalue weighted by molar-refractivity contribution is 5.73. The van der Waals surface area contributed by atoms with Crippen molar-refractivity contribution >= 4 is 6.03 Å². The zero-order valence-electron chi connectivity index (χ0n) is 10.2. The van der Waals surface area contributed by atoms with Crippen molar-refractivity contribution in [1.29, 1.82) is 0 Å². The predicted octanol–water partition coefficient (Wildman–Crippen LogP) is 1.46. The first kappa shape index (κ1) is 14.2. The molecule has 4 heteroatoms. The van der Waals surface area contributed by atoms with E-state index in [4.69, 9.17) is 5.73 Å². The van der Waals surface area contributed by atoms with E-state index in [0.717, 1.165) is 25.8 Å². The summed E-state index contributed by atoms with van der Waals surface area (Å²) in [5.74, 6) is 0.445. The largest absolute Gasteiger partial charge is 0.338 e. The molecule has 2 atom stereocenters. The summed E-state index contributed by atoms with van der Waals surface area (Å²) in [6, 6.07) is -0.0610. The molecule has 15 heavy (non-hydrogen) atoms. The number of hydrogen-bond acceptors (Lipinski definition) is 2. The van der Waals surface area contributed by atoms with Crippen molar-refractivity contribution in [1.82, 2.24) is 10.6 Å². The number of amides is 2. The predicted molar refractivity (Wildman–Crippen MR) is 63.7 cm³/mol. The monoisotopic (exact) mass is 215 g/mol. The van der Waals surface area contributed by atoms with E-state index in [2.05, 4.69) is 31.4 Å². The van der Waals surface area contributed by atoms with Crippen LogP contribution in [0.3, 0.4) is 0 Å². The molecule has 4 N–H and O–H groups in total. The van der Waals surface area contributed by atoms with Gasteiger partial charge in [-0.3, -0.25) is 0 Å². The van der Waals surface area contributed by atoms with Gasteiger partial charge in [-0.1, -0.05) is 33.6 Å². The average molecular weight is 215 g/mol. The maximum Gasteiger partial charge on any atom is 0.314 e. The Morgan fingerprint density at radius 1 is 1.33 bits per heavy atom. The van der Waals surface area contributed by atoms with Gasteiger partial charge >= 0.3 is 6.03 Å². The van der Waals surface area contributed by atoms with Gasteiger partial charge in [-0.2, -0.15) is 0 Å². The van der Waals surface area contributed by atoms with E-state index in [1.54, 1.807) is 0 Å². The standard InChI is InChI=1S/C11H25N3O/c1-4-6-7-13-11(15)14-8-10(12)9(3)5-2/h9-10H,4-8,12H2,1-3H3,(H2,13,14,15). The Labute approximate surface area is 93.0 Å². The molecule has 0 rings (SSSR count). The third kappa shape index (κ3) is 7.19. The van der Waals surface area contributed by atoms with Crippen LogP contribution in [0.1, 0.15) is 40.0 Å². The maximum atomic E-state index is 11.3. The minimum Gasteiger partial charge on any atom is -0.338 e. The molecule has 90 valence electrons. The number of rotatable bonds is 7. The summed E-state index contributed by atoms with van der Waals surface area (Å²) in [6.07, 6.45) is 3.15. The molecule has 0 spiro atoms. The molecule has 0 aromatic heterocycles. The zero-order chi connectivity index (χ0) is 11.7. The third-order valence-corrected chi connectivity index (χ3v) is 2.69. The topological polar surface area (TPSA) is 67.2 Å². The van der Waals surface area contributed by atoms with Crippen LogP contribution in [0, 0.1) is 5.92 Å². The lowest BCUT2D eigenvalue weighted by Gasteiger charge is -2.18. The van der Waals surface area contributed by atoms with Gasteiger partial charge in [-0.05, 0) is 12.3 Å². The van der Waals surface area contributed by atoms with Crippen molar-refractivity contribution in [3.8, 4) is 0 Å². The van der Waals surface area contributed by atoms with Crippen LogP contribution in [0.2, 0.25) is 0 Å². The molecule has 0 aliphatic rings. The van der Waals surface area contributed by atoms with Crippen LogP contribution in [0.25, 0.3) is 0 Å². The van der Waals surface area contributed by atoms with E-state index < -0.39 is 0 Å². The number of carbonyl (C=O) groups is 1. The Kier molecular flexibility index (Phi) is 8.09. The number of urea groups is 1. The fourth-order valence-electron chi connectivity index (χ4n) is 1.16. The van der Waals surface area contributed by atoms with Crippen molar-refractivity contribution in [2.24, 2.45) is 11.7 Å². The molecule has 0 saturated heterocycles. The van der Waals surface area contributed by atoms with Gasteiger partial charge in [-0.25, -0.2) is 4.79 Å². The van der Waals surface area contributed by atoms with Crippen LogP contribution in [-0.2, 0) is 0 Å². The Hall–Kier alpha value is -0.770. The summed E-state index contributed by atoms with van der Waals surface area (Å²) in [4.78, 5) is 11.3. The minimum absolute atomic E-state index is 0.0481. The fraction of sp³-hybridized carbons (Fsp3) is 0.909. The second kappa shape index (κ2) is 8.53. The molecule has 0 aromatic rings. The average Bonchev–Trinajstić information content (AvgIpc) is 2.25. The summed E-state index contributed by atoms with van der Waals surface area (Å²) >= 11 is 0. The second-order valence-corrected chi connectivity index (χ2v) is 4.04. The number of nitrogens with two attached hydrogens (primary N) is 1. The molecule has 2 unspecified atom stereocenters. The second-order valence-electron chi connectivity index (χ2n) is 4.04. The summed E-state index contributed by atoms with van der Waals surface area (Å²) in [7, 11) is 0. The molecule has 0 aliphatic heterocycles. The summed E-state index contributed by atoms with van der Waals surface area (Å²) < 4.78 is 0. The Balaban J connectivity index is 3.52. The molecule has 2 amide bonds. The molecular formula is C11H25N3O. The van der Waals surface area contributed by atoms with Crippen LogP contribution in [0.15, 0.2) is 0 Å². The van der Waals surface area contributed by atoms with Gasteiger partial charge in [-0.15, -0.1) is 0 Å². The Morgan fingerprint density at radius 3 is 2.53 bits per heavy atom. The highest BCUT2D eigenvalue weighted by atomic mass is 16.2. The van der Waals surface area contributed by atoms with E-state index in [1.165, 1.54) is 0 Å². The normalized spacial score (nSPS) is 14.4. The van der Waals surface area contributed by atoms with Gasteiger partial charge in [0.25, 0.3) is 0 Å². The molecule has 0 heterocycles. The molecule has 0 bridgehead atoms. The molecular weight excluding hydrogens is 190 g/mol. The van der Waals surface area contributed by atoms with Crippen LogP contribution in [0.4, 0.5) is 4.79 Å². The summed E-state index contributed by atoms with van der Waals surface area (Å²) in [5.41, 5.74) is 5.89. The lowest BCUT2D eigenvalue weighted by Crippen LogP contribution is -2.45. The Morgan fingerprint density at radius 2 is 2.00 bits per heavy atom. The Bertz CT molecular complexity index is 173. The van der Waals surface area contributed by atoms with Crippen LogP contribution < -0.4 is 16.4 Å². The first-order valence-corrected chi connectivity index (χ1v) is 5.89. The number of nitrogens with one attached hydrogen (secondary N) is 2.